The molecule has 0 saturated carbocycles. The van der Waals surface area contributed by atoms with Crippen LogP contribution >= 0.6 is 27.5 Å². The lowest BCUT2D eigenvalue weighted by molar-refractivity contribution is -0.112. The molecule has 3 aromatic carbocycles. The summed E-state index contributed by atoms with van der Waals surface area (Å²) in [5.41, 5.74) is 7.11. The zero-order valence-electron chi connectivity index (χ0n) is 17.6. The van der Waals surface area contributed by atoms with Crippen LogP contribution in [0.3, 0.4) is 0 Å². The van der Waals surface area contributed by atoms with Crippen LogP contribution in [0, 0.1) is 32.1 Å². The number of benzene rings is 3. The number of amides is 1. The van der Waals surface area contributed by atoms with Gasteiger partial charge in [0.25, 0.3) is 5.91 Å². The van der Waals surface area contributed by atoms with E-state index in [2.05, 4.69) is 53.3 Å². The molecule has 0 aliphatic carbocycles. The number of nitriles is 1. The van der Waals surface area contributed by atoms with Crippen LogP contribution in [-0.2, 0) is 11.2 Å². The third kappa shape index (κ3) is 6.07. The van der Waals surface area contributed by atoms with Crippen LogP contribution < -0.4 is 5.32 Å². The molecule has 0 fully saturated rings. The molecule has 0 atom stereocenters. The first-order valence-electron chi connectivity index (χ1n) is 9.80. The molecule has 0 spiro atoms. The zero-order chi connectivity index (χ0) is 22.5. The monoisotopic (exact) mass is 492 g/mol. The first-order valence-corrected chi connectivity index (χ1v) is 11.0. The van der Waals surface area contributed by atoms with E-state index < -0.39 is 5.91 Å². The van der Waals surface area contributed by atoms with Crippen LogP contribution in [0.15, 0.2) is 64.6 Å². The number of carbonyl (C=O) groups excluding carboxylic acids is 1. The Hall–Kier alpha value is -2.87. The molecule has 5 heteroatoms. The van der Waals surface area contributed by atoms with Crippen molar-refractivity contribution < 1.29 is 4.79 Å². The van der Waals surface area contributed by atoms with Crippen LogP contribution in [0.5, 0.6) is 0 Å². The Morgan fingerprint density at radius 2 is 1.77 bits per heavy atom. The molecule has 0 bridgehead atoms. The standard InChI is InChI=1S/C26H22BrClN2O/c1-16-8-17(2)10-20(9-16)12-21-6-5-19(13-24(21)27)11-22(15-29)26(31)30-25-14-23(28)7-4-18(25)3/h4-11,13-14H,12H2,1-3H3,(H,30,31)/b22-11+. The van der Waals surface area contributed by atoms with Crippen molar-refractivity contribution in [3.05, 3.63) is 103 Å². The molecule has 0 radical (unpaired) electrons. The number of halogens is 2. The molecule has 0 heterocycles. The molecule has 3 rings (SSSR count). The summed E-state index contributed by atoms with van der Waals surface area (Å²) >= 11 is 9.65. The summed E-state index contributed by atoms with van der Waals surface area (Å²) in [6, 6.07) is 19.6. The molecule has 0 unspecified atom stereocenters. The normalized spacial score (nSPS) is 11.2. The van der Waals surface area contributed by atoms with Gasteiger partial charge in [-0.05, 0) is 73.7 Å². The third-order valence-electron chi connectivity index (χ3n) is 4.88. The van der Waals surface area contributed by atoms with Crippen LogP contribution in [0.25, 0.3) is 6.08 Å². The van der Waals surface area contributed by atoms with Gasteiger partial charge in [0.1, 0.15) is 11.6 Å². The zero-order valence-corrected chi connectivity index (χ0v) is 19.9. The highest BCUT2D eigenvalue weighted by atomic mass is 79.9. The van der Waals surface area contributed by atoms with E-state index in [1.807, 2.05) is 37.3 Å². The first-order chi connectivity index (χ1) is 14.7. The van der Waals surface area contributed by atoms with Crippen molar-refractivity contribution >= 4 is 45.2 Å². The van der Waals surface area contributed by atoms with Gasteiger partial charge >= 0.3 is 0 Å². The van der Waals surface area contributed by atoms with Gasteiger partial charge in [-0.3, -0.25) is 4.79 Å². The van der Waals surface area contributed by atoms with E-state index in [0.717, 1.165) is 27.6 Å². The third-order valence-corrected chi connectivity index (χ3v) is 5.85. The molecule has 3 aromatic rings. The summed E-state index contributed by atoms with van der Waals surface area (Å²) in [5, 5.41) is 12.8. The number of nitrogens with zero attached hydrogens (tertiary/aromatic N) is 1. The summed E-state index contributed by atoms with van der Waals surface area (Å²) in [5.74, 6) is -0.469. The molecule has 156 valence electrons. The second kappa shape index (κ2) is 9.96. The summed E-state index contributed by atoms with van der Waals surface area (Å²) < 4.78 is 0.934. The highest BCUT2D eigenvalue weighted by Crippen LogP contribution is 2.25. The average Bonchev–Trinajstić information content (AvgIpc) is 2.70. The highest BCUT2D eigenvalue weighted by molar-refractivity contribution is 9.10. The van der Waals surface area contributed by atoms with Gasteiger partial charge in [0.05, 0.1) is 0 Å². The van der Waals surface area contributed by atoms with Crippen LogP contribution in [0.1, 0.15) is 33.4 Å². The van der Waals surface area contributed by atoms with Crippen molar-refractivity contribution in [2.24, 2.45) is 0 Å². The minimum Gasteiger partial charge on any atom is -0.321 e. The lowest BCUT2D eigenvalue weighted by Gasteiger charge is -2.09. The van der Waals surface area contributed by atoms with Crippen molar-refractivity contribution in [2.75, 3.05) is 5.32 Å². The fraction of sp³-hybridized carbons (Fsp3) is 0.154. The van der Waals surface area contributed by atoms with Gasteiger partial charge in [-0.1, -0.05) is 75.1 Å². The number of aryl methyl sites for hydroxylation is 3. The Labute approximate surface area is 196 Å². The van der Waals surface area contributed by atoms with Crippen molar-refractivity contribution in [3.63, 3.8) is 0 Å². The van der Waals surface area contributed by atoms with E-state index in [1.165, 1.54) is 16.7 Å². The van der Waals surface area contributed by atoms with Gasteiger partial charge in [-0.25, -0.2) is 0 Å². The molecular formula is C26H22BrClN2O. The first kappa shape index (κ1) is 22.8. The molecule has 0 aliphatic heterocycles. The Kier molecular flexibility index (Phi) is 7.33. The van der Waals surface area contributed by atoms with Gasteiger partial charge in [0.15, 0.2) is 0 Å². The summed E-state index contributed by atoms with van der Waals surface area (Å²) in [6.45, 7) is 6.06. The smallest absolute Gasteiger partial charge is 0.266 e. The quantitative estimate of drug-likeness (QED) is 0.303. The second-order valence-electron chi connectivity index (χ2n) is 7.61. The number of nitrogens with one attached hydrogen (secondary N) is 1. The van der Waals surface area contributed by atoms with E-state index in [0.29, 0.717) is 10.7 Å². The van der Waals surface area contributed by atoms with Gasteiger partial charge in [-0.2, -0.15) is 5.26 Å². The molecule has 1 amide bonds. The minimum absolute atomic E-state index is 0.0216. The Balaban J connectivity index is 1.81. The van der Waals surface area contributed by atoms with E-state index in [1.54, 1.807) is 18.2 Å². The number of rotatable bonds is 5. The molecule has 0 aliphatic rings. The van der Waals surface area contributed by atoms with E-state index in [9.17, 15) is 10.1 Å². The SMILES string of the molecule is Cc1cc(C)cc(Cc2ccc(/C=C(\C#N)C(=O)Nc3cc(Cl)ccc3C)cc2Br)c1. The lowest BCUT2D eigenvalue weighted by Crippen LogP contribution is -2.14. The molecular weight excluding hydrogens is 472 g/mol. The molecule has 1 N–H and O–H groups in total. The second-order valence-corrected chi connectivity index (χ2v) is 8.90. The number of carbonyl (C=O) groups is 1. The van der Waals surface area contributed by atoms with Crippen LogP contribution in [0.4, 0.5) is 5.69 Å². The lowest BCUT2D eigenvalue weighted by atomic mass is 9.99. The topological polar surface area (TPSA) is 52.9 Å². The largest absolute Gasteiger partial charge is 0.321 e. The Bertz CT molecular complexity index is 1200. The molecule has 0 saturated heterocycles. The van der Waals surface area contributed by atoms with Gasteiger partial charge in [0.2, 0.25) is 0 Å². The van der Waals surface area contributed by atoms with Crippen LogP contribution in [-0.4, -0.2) is 5.91 Å². The fourth-order valence-electron chi connectivity index (χ4n) is 3.42. The predicted octanol–water partition coefficient (Wildman–Crippen LogP) is 7.16. The number of hydrogen-bond donors (Lipinski definition) is 1. The van der Waals surface area contributed by atoms with Gasteiger partial charge in [0, 0.05) is 15.2 Å². The number of hydrogen-bond acceptors (Lipinski definition) is 2. The Morgan fingerprint density at radius 1 is 1.06 bits per heavy atom. The van der Waals surface area contributed by atoms with E-state index in [-0.39, 0.29) is 5.57 Å². The van der Waals surface area contributed by atoms with Crippen molar-refractivity contribution in [2.45, 2.75) is 27.2 Å². The van der Waals surface area contributed by atoms with Gasteiger partial charge in [-0.15, -0.1) is 0 Å². The summed E-state index contributed by atoms with van der Waals surface area (Å²) in [6.07, 6.45) is 2.38. The maximum atomic E-state index is 12.6. The van der Waals surface area contributed by atoms with Crippen molar-refractivity contribution in [1.82, 2.24) is 0 Å². The molecule has 0 aromatic heterocycles. The average molecular weight is 494 g/mol. The van der Waals surface area contributed by atoms with Crippen LogP contribution in [0.2, 0.25) is 5.02 Å². The summed E-state index contributed by atoms with van der Waals surface area (Å²) in [4.78, 5) is 12.6. The maximum absolute atomic E-state index is 12.6. The van der Waals surface area contributed by atoms with Crippen molar-refractivity contribution in [3.8, 4) is 6.07 Å². The maximum Gasteiger partial charge on any atom is 0.266 e. The molecule has 3 nitrogen and oxygen atoms in total. The number of anilines is 1. The molecule has 31 heavy (non-hydrogen) atoms. The minimum atomic E-state index is -0.469. The predicted molar refractivity (Wildman–Crippen MR) is 131 cm³/mol. The fourth-order valence-corrected chi connectivity index (χ4v) is 4.13. The Morgan fingerprint density at radius 3 is 2.42 bits per heavy atom. The van der Waals surface area contributed by atoms with Crippen molar-refractivity contribution in [1.29, 1.82) is 5.26 Å². The van der Waals surface area contributed by atoms with E-state index >= 15 is 0 Å². The van der Waals surface area contributed by atoms with E-state index in [4.69, 9.17) is 11.6 Å². The van der Waals surface area contributed by atoms with Gasteiger partial charge < -0.3 is 5.32 Å². The highest BCUT2D eigenvalue weighted by Gasteiger charge is 2.12. The summed E-state index contributed by atoms with van der Waals surface area (Å²) in [7, 11) is 0.